The zero-order valence-corrected chi connectivity index (χ0v) is 17.5. The van der Waals surface area contributed by atoms with Crippen molar-refractivity contribution in [1.82, 2.24) is 24.2 Å². The molecule has 0 N–H and O–H groups in total. The fraction of sp³-hybridized carbons (Fsp3) is 0.435. The van der Waals surface area contributed by atoms with Crippen molar-refractivity contribution in [3.05, 3.63) is 59.7 Å². The van der Waals surface area contributed by atoms with Gasteiger partial charge in [-0.15, -0.1) is 0 Å². The number of carbonyl (C=O) groups excluding carboxylic acids is 1. The minimum atomic E-state index is 0.117. The number of nitrogens with zero attached hydrogens (tertiary/aromatic N) is 5. The van der Waals surface area contributed by atoms with E-state index in [0.717, 1.165) is 61.5 Å². The van der Waals surface area contributed by atoms with E-state index in [0.29, 0.717) is 5.92 Å². The van der Waals surface area contributed by atoms with E-state index >= 15 is 0 Å². The Bertz CT molecular complexity index is 980. The molecule has 1 aliphatic rings. The quantitative estimate of drug-likeness (QED) is 0.664. The molecule has 1 amide bonds. The van der Waals surface area contributed by atoms with Gasteiger partial charge in [0, 0.05) is 50.3 Å². The highest BCUT2D eigenvalue weighted by atomic mass is 16.2. The number of carbonyl (C=O) groups is 1. The topological polar surface area (TPSA) is 56.0 Å². The Morgan fingerprint density at radius 3 is 2.52 bits per heavy atom. The van der Waals surface area contributed by atoms with Crippen LogP contribution in [0.25, 0.3) is 11.4 Å². The summed E-state index contributed by atoms with van der Waals surface area (Å²) in [7, 11) is 1.86. The number of likely N-dealkylation sites (tertiary alicyclic amines) is 1. The maximum atomic E-state index is 12.8. The molecule has 3 aromatic rings. The van der Waals surface area contributed by atoms with Crippen LogP contribution < -0.4 is 0 Å². The zero-order chi connectivity index (χ0) is 20.4. The monoisotopic (exact) mass is 391 g/mol. The molecule has 0 spiro atoms. The number of rotatable bonds is 5. The third kappa shape index (κ3) is 4.11. The predicted octanol–water partition coefficient (Wildman–Crippen LogP) is 3.84. The van der Waals surface area contributed by atoms with Gasteiger partial charge >= 0.3 is 0 Å². The van der Waals surface area contributed by atoms with E-state index in [-0.39, 0.29) is 5.91 Å². The van der Waals surface area contributed by atoms with Crippen molar-refractivity contribution in [2.45, 2.75) is 39.7 Å². The molecule has 0 unspecified atom stereocenters. The minimum Gasteiger partial charge on any atom is -0.339 e. The first kappa shape index (κ1) is 19.4. The molecule has 4 rings (SSSR count). The lowest BCUT2D eigenvalue weighted by Crippen LogP contribution is -2.38. The van der Waals surface area contributed by atoms with Crippen molar-refractivity contribution >= 4 is 5.91 Å². The Kier molecular flexibility index (Phi) is 5.51. The molecule has 0 saturated carbocycles. The molecule has 0 radical (unpaired) electrons. The highest BCUT2D eigenvalue weighted by Crippen LogP contribution is 2.25. The van der Waals surface area contributed by atoms with Crippen molar-refractivity contribution in [3.8, 4) is 11.4 Å². The maximum absolute atomic E-state index is 12.8. The van der Waals surface area contributed by atoms with Gasteiger partial charge in [-0.05, 0) is 39.0 Å². The van der Waals surface area contributed by atoms with Crippen LogP contribution in [0.2, 0.25) is 0 Å². The van der Waals surface area contributed by atoms with Gasteiger partial charge in [0.25, 0.3) is 5.91 Å². The third-order valence-corrected chi connectivity index (χ3v) is 5.99. The van der Waals surface area contributed by atoms with Gasteiger partial charge in [-0.1, -0.05) is 30.3 Å². The number of piperidine rings is 1. The fourth-order valence-corrected chi connectivity index (χ4v) is 4.28. The van der Waals surface area contributed by atoms with Gasteiger partial charge in [-0.3, -0.25) is 9.48 Å². The molecule has 1 fully saturated rings. The van der Waals surface area contributed by atoms with Gasteiger partial charge in [0.05, 0.1) is 11.3 Å². The molecule has 0 atom stereocenters. The first-order valence-electron chi connectivity index (χ1n) is 10.4. The molecule has 2 aromatic heterocycles. The second-order valence-electron chi connectivity index (χ2n) is 8.07. The van der Waals surface area contributed by atoms with Crippen LogP contribution in [0.15, 0.2) is 42.7 Å². The van der Waals surface area contributed by atoms with E-state index < -0.39 is 0 Å². The van der Waals surface area contributed by atoms with Crippen LogP contribution in [-0.4, -0.2) is 43.2 Å². The Morgan fingerprint density at radius 2 is 1.86 bits per heavy atom. The highest BCUT2D eigenvalue weighted by Gasteiger charge is 2.25. The Morgan fingerprint density at radius 1 is 1.14 bits per heavy atom. The van der Waals surface area contributed by atoms with E-state index in [1.165, 1.54) is 5.69 Å². The molecular weight excluding hydrogens is 362 g/mol. The lowest BCUT2D eigenvalue weighted by molar-refractivity contribution is 0.0684. The van der Waals surface area contributed by atoms with Crippen LogP contribution in [0.1, 0.15) is 41.0 Å². The van der Waals surface area contributed by atoms with E-state index in [2.05, 4.69) is 45.8 Å². The molecule has 0 bridgehead atoms. The number of aryl methyl sites for hydroxylation is 3. The van der Waals surface area contributed by atoms with Crippen LogP contribution in [0.3, 0.4) is 0 Å². The van der Waals surface area contributed by atoms with Crippen molar-refractivity contribution < 1.29 is 4.79 Å². The number of benzene rings is 1. The van der Waals surface area contributed by atoms with E-state index in [1.54, 1.807) is 4.68 Å². The number of aromatic nitrogens is 4. The van der Waals surface area contributed by atoms with E-state index in [9.17, 15) is 4.79 Å². The summed E-state index contributed by atoms with van der Waals surface area (Å²) in [5, 5.41) is 4.30. The average Bonchev–Trinajstić information content (AvgIpc) is 3.28. The van der Waals surface area contributed by atoms with Gasteiger partial charge in [0.15, 0.2) is 0 Å². The Hall–Kier alpha value is -2.89. The van der Waals surface area contributed by atoms with Crippen LogP contribution in [0, 0.1) is 19.8 Å². The number of amides is 1. The largest absolute Gasteiger partial charge is 0.339 e. The number of hydrogen-bond acceptors (Lipinski definition) is 3. The first-order chi connectivity index (χ1) is 14.0. The molecule has 1 saturated heterocycles. The molecular formula is C23H29N5O. The summed E-state index contributed by atoms with van der Waals surface area (Å²) in [4.78, 5) is 19.4. The molecule has 152 valence electrons. The molecule has 6 nitrogen and oxygen atoms in total. The second kappa shape index (κ2) is 8.23. The van der Waals surface area contributed by atoms with Gasteiger partial charge in [0.2, 0.25) is 0 Å². The summed E-state index contributed by atoms with van der Waals surface area (Å²) in [5.74, 6) is 1.80. The summed E-state index contributed by atoms with van der Waals surface area (Å²) in [6, 6.07) is 10.4. The smallest absolute Gasteiger partial charge is 0.257 e. The Labute approximate surface area is 172 Å². The van der Waals surface area contributed by atoms with Crippen LogP contribution in [0.5, 0.6) is 0 Å². The van der Waals surface area contributed by atoms with E-state index in [1.807, 2.05) is 37.3 Å². The summed E-state index contributed by atoms with van der Waals surface area (Å²) >= 11 is 0. The molecule has 6 heteroatoms. The number of imidazole rings is 1. The van der Waals surface area contributed by atoms with Crippen LogP contribution in [0.4, 0.5) is 0 Å². The highest BCUT2D eigenvalue weighted by molar-refractivity contribution is 5.95. The summed E-state index contributed by atoms with van der Waals surface area (Å²) in [6.45, 7) is 6.64. The second-order valence-corrected chi connectivity index (χ2v) is 8.07. The SMILES string of the molecule is Cc1nn(C)cc1C(=O)N1CCC(CCn2c(C)cnc2-c2ccccc2)CC1. The first-order valence-corrected chi connectivity index (χ1v) is 10.4. The van der Waals surface area contributed by atoms with Gasteiger partial charge in [-0.25, -0.2) is 4.98 Å². The molecule has 0 aliphatic carbocycles. The van der Waals surface area contributed by atoms with Gasteiger partial charge in [-0.2, -0.15) is 5.10 Å². The summed E-state index contributed by atoms with van der Waals surface area (Å²) in [5.41, 5.74) is 3.90. The summed E-state index contributed by atoms with van der Waals surface area (Å²) < 4.78 is 4.04. The third-order valence-electron chi connectivity index (χ3n) is 5.99. The Balaban J connectivity index is 1.35. The van der Waals surface area contributed by atoms with Crippen molar-refractivity contribution in [2.24, 2.45) is 13.0 Å². The standard InChI is InChI=1S/C23H29N5O/c1-17-15-24-22(20-7-5-4-6-8-20)28(17)14-11-19-9-12-27(13-10-19)23(29)21-16-26(3)25-18(21)2/h4-8,15-16,19H,9-14H2,1-3H3. The average molecular weight is 392 g/mol. The molecule has 1 aromatic carbocycles. The lowest BCUT2D eigenvalue weighted by atomic mass is 9.93. The number of hydrogen-bond donors (Lipinski definition) is 0. The predicted molar refractivity (Wildman–Crippen MR) is 114 cm³/mol. The zero-order valence-electron chi connectivity index (χ0n) is 17.5. The van der Waals surface area contributed by atoms with Crippen molar-refractivity contribution in [2.75, 3.05) is 13.1 Å². The van der Waals surface area contributed by atoms with E-state index in [4.69, 9.17) is 0 Å². The normalized spacial score (nSPS) is 15.1. The van der Waals surface area contributed by atoms with Crippen LogP contribution >= 0.6 is 0 Å². The van der Waals surface area contributed by atoms with Gasteiger partial charge < -0.3 is 9.47 Å². The fourth-order valence-electron chi connectivity index (χ4n) is 4.28. The molecule has 29 heavy (non-hydrogen) atoms. The maximum Gasteiger partial charge on any atom is 0.257 e. The molecule has 3 heterocycles. The minimum absolute atomic E-state index is 0.117. The van der Waals surface area contributed by atoms with Gasteiger partial charge in [0.1, 0.15) is 5.82 Å². The van der Waals surface area contributed by atoms with Crippen molar-refractivity contribution in [1.29, 1.82) is 0 Å². The van der Waals surface area contributed by atoms with Crippen LogP contribution in [-0.2, 0) is 13.6 Å². The van der Waals surface area contributed by atoms with Crippen molar-refractivity contribution in [3.63, 3.8) is 0 Å². The molecule has 1 aliphatic heterocycles. The lowest BCUT2D eigenvalue weighted by Gasteiger charge is -2.32. The summed E-state index contributed by atoms with van der Waals surface area (Å²) in [6.07, 6.45) is 7.01.